The highest BCUT2D eigenvalue weighted by molar-refractivity contribution is 5.89. The van der Waals surface area contributed by atoms with Crippen LogP contribution in [0.1, 0.15) is 76.8 Å². The van der Waals surface area contributed by atoms with Gasteiger partial charge in [-0.15, -0.1) is 0 Å². The highest BCUT2D eigenvalue weighted by Gasteiger charge is 2.30. The molecule has 0 aromatic carbocycles. The van der Waals surface area contributed by atoms with E-state index in [1.54, 1.807) is 24.1 Å². The Morgan fingerprint density at radius 2 is 1.35 bits per heavy atom. The summed E-state index contributed by atoms with van der Waals surface area (Å²) in [6, 6.07) is -4.90. The van der Waals surface area contributed by atoms with E-state index in [4.69, 9.17) is 19.3 Å². The van der Waals surface area contributed by atoms with Crippen LogP contribution in [0.25, 0.3) is 0 Å². The first-order valence-electron chi connectivity index (χ1n) is 20.2. The molecule has 0 unspecified atom stereocenters. The van der Waals surface area contributed by atoms with Crippen LogP contribution in [-0.2, 0) is 61.2 Å². The quantitative estimate of drug-likeness (QED) is 0.0417. The molecule has 0 radical (unpaired) electrons. The van der Waals surface area contributed by atoms with E-state index in [9.17, 15) is 48.6 Å². The number of ether oxygens (including phenoxy) is 3. The number of carbonyl (C=O) groups is 8. The molecule has 2 rings (SSSR count). The zero-order valence-electron chi connectivity index (χ0n) is 34.4. The van der Waals surface area contributed by atoms with Crippen molar-refractivity contribution >= 4 is 47.6 Å². The van der Waals surface area contributed by atoms with E-state index >= 15 is 0 Å². The number of aryl methyl sites for hydroxylation is 1. The average molecular weight is 855 g/mol. The van der Waals surface area contributed by atoms with E-state index in [-0.39, 0.29) is 74.8 Å². The lowest BCUT2D eigenvalue weighted by molar-refractivity contribution is -0.141. The molecule has 1 aromatic heterocycles. The second-order valence-corrected chi connectivity index (χ2v) is 14.5. The Bertz CT molecular complexity index is 1530. The van der Waals surface area contributed by atoms with E-state index in [1.807, 2.05) is 0 Å². The molecule has 0 aliphatic heterocycles. The fourth-order valence-corrected chi connectivity index (χ4v) is 6.21. The number of unbranched alkanes of at least 4 members (excludes halogenated alkanes) is 1. The van der Waals surface area contributed by atoms with E-state index < -0.39 is 54.4 Å². The number of carboxylic acid groups (broad SMARTS) is 3. The normalized spacial score (nSPS) is 16.4. The number of nitrogens with zero attached hydrogens (tertiary/aromatic N) is 2. The number of carboxylic acids is 3. The maximum absolute atomic E-state index is 13.4. The summed E-state index contributed by atoms with van der Waals surface area (Å²) >= 11 is 0. The lowest BCUT2D eigenvalue weighted by Crippen LogP contribution is -2.51. The summed E-state index contributed by atoms with van der Waals surface area (Å²) in [5.41, 5.74) is 0.593. The zero-order valence-corrected chi connectivity index (χ0v) is 34.4. The molecule has 1 aromatic rings. The minimum atomic E-state index is -1.53. The molecule has 9 N–H and O–H groups in total. The maximum atomic E-state index is 13.4. The molecule has 3 atom stereocenters. The van der Waals surface area contributed by atoms with E-state index in [2.05, 4.69) is 36.9 Å². The minimum absolute atomic E-state index is 0.0429. The number of hydrogen-bond acceptors (Lipinski definition) is 12. The van der Waals surface area contributed by atoms with Crippen molar-refractivity contribution in [1.82, 2.24) is 41.5 Å². The Labute approximate surface area is 348 Å². The molecule has 1 heterocycles. The predicted molar refractivity (Wildman–Crippen MR) is 211 cm³/mol. The summed E-state index contributed by atoms with van der Waals surface area (Å²) < 4.78 is 17.9. The van der Waals surface area contributed by atoms with Gasteiger partial charge in [-0.05, 0) is 57.3 Å². The third-order valence-corrected chi connectivity index (χ3v) is 9.52. The van der Waals surface area contributed by atoms with Crippen molar-refractivity contribution in [2.24, 2.45) is 18.9 Å². The van der Waals surface area contributed by atoms with Gasteiger partial charge in [0.25, 0.3) is 0 Å². The summed E-state index contributed by atoms with van der Waals surface area (Å²) in [7, 11) is 1.78. The van der Waals surface area contributed by atoms with Crippen LogP contribution in [0, 0.1) is 11.8 Å². The molecule has 0 saturated heterocycles. The molecule has 0 bridgehead atoms. The summed E-state index contributed by atoms with van der Waals surface area (Å²) in [6.45, 7) is 4.66. The fraction of sp³-hybridized carbons (Fsp3) is 0.711. The second-order valence-electron chi connectivity index (χ2n) is 14.5. The first-order chi connectivity index (χ1) is 28.6. The molecule has 1 saturated carbocycles. The Balaban J connectivity index is 1.71. The molecule has 338 valence electrons. The van der Waals surface area contributed by atoms with Gasteiger partial charge in [-0.25, -0.2) is 19.4 Å². The number of aromatic nitrogens is 2. The Morgan fingerprint density at radius 3 is 1.93 bits per heavy atom. The van der Waals surface area contributed by atoms with Crippen LogP contribution in [0.3, 0.4) is 0 Å². The van der Waals surface area contributed by atoms with Crippen LogP contribution in [-0.4, -0.2) is 150 Å². The second kappa shape index (κ2) is 29.0. The molecule has 60 heavy (non-hydrogen) atoms. The number of imidazole rings is 1. The minimum Gasteiger partial charge on any atom is -0.481 e. The van der Waals surface area contributed by atoms with Crippen molar-refractivity contribution in [2.45, 2.75) is 95.7 Å². The first-order valence-corrected chi connectivity index (χ1v) is 20.2. The molecule has 22 nitrogen and oxygen atoms in total. The van der Waals surface area contributed by atoms with Crippen LogP contribution in [0.2, 0.25) is 0 Å². The van der Waals surface area contributed by atoms with E-state index in [0.29, 0.717) is 71.1 Å². The van der Waals surface area contributed by atoms with Gasteiger partial charge in [0.1, 0.15) is 18.1 Å². The summed E-state index contributed by atoms with van der Waals surface area (Å²) in [5.74, 6) is -5.14. The number of rotatable bonds is 31. The lowest BCUT2D eigenvalue weighted by Gasteiger charge is -2.29. The number of urea groups is 1. The highest BCUT2D eigenvalue weighted by atomic mass is 16.5. The summed E-state index contributed by atoms with van der Waals surface area (Å²) in [5, 5.41) is 43.1. The highest BCUT2D eigenvalue weighted by Crippen LogP contribution is 2.28. The number of aliphatic carboxylic acids is 3. The van der Waals surface area contributed by atoms with E-state index in [0.717, 1.165) is 12.8 Å². The van der Waals surface area contributed by atoms with Gasteiger partial charge in [0, 0.05) is 65.0 Å². The number of carbonyl (C=O) groups excluding carboxylic acids is 5. The molecule has 0 spiro atoms. The van der Waals surface area contributed by atoms with Crippen LogP contribution >= 0.6 is 0 Å². The largest absolute Gasteiger partial charge is 0.481 e. The molecular formula is C38H62N8O14. The van der Waals surface area contributed by atoms with Crippen LogP contribution in [0.4, 0.5) is 4.79 Å². The first kappa shape index (κ1) is 50.8. The molecular weight excluding hydrogens is 792 g/mol. The van der Waals surface area contributed by atoms with Gasteiger partial charge in [-0.2, -0.15) is 0 Å². The van der Waals surface area contributed by atoms with Crippen molar-refractivity contribution in [2.75, 3.05) is 59.3 Å². The zero-order chi connectivity index (χ0) is 44.3. The third kappa shape index (κ3) is 22.7. The third-order valence-electron chi connectivity index (χ3n) is 9.52. The summed E-state index contributed by atoms with van der Waals surface area (Å²) in [4.78, 5) is 100. The standard InChI is InChI=1S/C38H62N8O14/c1-25(47)39-14-16-59-18-20-60-19-17-58-15-12-32(48)41-22-26-6-8-27(9-7-26)34(51)43-31(21-28-23-46(2)24-42-28)35(52)40-13-4-3-5-29(36(53)54)44-38(57)45-30(37(55)56)10-11-33(49)50/h23-24,26-27,29-31H,3-22H2,1-2H3,(H,39,47)(H,40,52)(H,41,48)(H,43,51)(H,49,50)(H,53,54)(H,55,56)(H2,44,45,57)/t26?,27?,29-,30-,31-/m0/s1. The van der Waals surface area contributed by atoms with E-state index in [1.165, 1.54) is 6.92 Å². The van der Waals surface area contributed by atoms with Gasteiger partial charge in [0.2, 0.25) is 23.6 Å². The van der Waals surface area contributed by atoms with Crippen molar-refractivity contribution in [3.8, 4) is 0 Å². The average Bonchev–Trinajstić information content (AvgIpc) is 3.61. The van der Waals surface area contributed by atoms with Gasteiger partial charge < -0.3 is 66.0 Å². The Morgan fingerprint density at radius 1 is 0.733 bits per heavy atom. The van der Waals surface area contributed by atoms with Crippen molar-refractivity contribution < 1.29 is 67.9 Å². The number of hydrogen-bond donors (Lipinski definition) is 9. The van der Waals surface area contributed by atoms with Gasteiger partial charge in [0.15, 0.2) is 0 Å². The molecule has 6 amide bonds. The topological polar surface area (TPSA) is 315 Å². The number of nitrogens with one attached hydrogen (secondary N) is 6. The van der Waals surface area contributed by atoms with Gasteiger partial charge in [-0.3, -0.25) is 24.0 Å². The maximum Gasteiger partial charge on any atom is 0.326 e. The van der Waals surface area contributed by atoms with Crippen molar-refractivity contribution in [3.05, 3.63) is 18.2 Å². The van der Waals surface area contributed by atoms with Gasteiger partial charge in [-0.1, -0.05) is 0 Å². The Hall–Kier alpha value is -5.35. The van der Waals surface area contributed by atoms with Crippen LogP contribution in [0.5, 0.6) is 0 Å². The van der Waals surface area contributed by atoms with Crippen LogP contribution in [0.15, 0.2) is 12.5 Å². The Kier molecular flexibility index (Phi) is 24.5. The molecule has 1 aliphatic rings. The summed E-state index contributed by atoms with van der Waals surface area (Å²) in [6.07, 6.45) is 5.92. The fourth-order valence-electron chi connectivity index (χ4n) is 6.21. The van der Waals surface area contributed by atoms with Crippen molar-refractivity contribution in [3.63, 3.8) is 0 Å². The monoisotopic (exact) mass is 854 g/mol. The van der Waals surface area contributed by atoms with Crippen molar-refractivity contribution in [1.29, 1.82) is 0 Å². The van der Waals surface area contributed by atoms with Gasteiger partial charge in [0.05, 0.1) is 51.7 Å². The SMILES string of the molecule is CC(=O)NCCOCCOCCOCCC(=O)NCC1CCC(C(=O)N[C@@H](Cc2cn(C)cn2)C(=O)NCCCC[C@H](NC(=O)N[C@@H](CCC(=O)O)C(=O)O)C(=O)O)CC1. The van der Waals surface area contributed by atoms with Crippen LogP contribution < -0.4 is 31.9 Å². The number of amides is 6. The van der Waals surface area contributed by atoms with Gasteiger partial charge >= 0.3 is 23.9 Å². The lowest BCUT2D eigenvalue weighted by atomic mass is 9.81. The molecule has 1 fully saturated rings. The predicted octanol–water partition coefficient (Wildman–Crippen LogP) is -0.697. The molecule has 22 heteroatoms. The molecule has 1 aliphatic carbocycles. The smallest absolute Gasteiger partial charge is 0.326 e.